The normalized spacial score (nSPS) is 15.8. The molecule has 8 heteroatoms. The topological polar surface area (TPSA) is 79.8 Å². The summed E-state index contributed by atoms with van der Waals surface area (Å²) in [6, 6.07) is 6.62. The third kappa shape index (κ3) is 4.61. The lowest BCUT2D eigenvalue weighted by molar-refractivity contribution is -0.118. The van der Waals surface area contributed by atoms with Crippen molar-refractivity contribution in [1.82, 2.24) is 20.1 Å². The highest BCUT2D eigenvalue weighted by Crippen LogP contribution is 2.40. The zero-order valence-electron chi connectivity index (χ0n) is 15.5. The summed E-state index contributed by atoms with van der Waals surface area (Å²) in [5, 5.41) is 9.98. The second kappa shape index (κ2) is 8.73. The molecule has 0 bridgehead atoms. The van der Waals surface area contributed by atoms with Crippen LogP contribution < -0.4 is 11.0 Å². The predicted octanol–water partition coefficient (Wildman–Crippen LogP) is 2.84. The molecule has 0 unspecified atom stereocenters. The number of hydrogen-bond donors (Lipinski definition) is 2. The third-order valence-electron chi connectivity index (χ3n) is 5.14. The largest absolute Gasteiger partial charge is 0.354 e. The van der Waals surface area contributed by atoms with Gasteiger partial charge >= 0.3 is 5.69 Å². The van der Waals surface area contributed by atoms with Crippen LogP contribution >= 0.6 is 11.8 Å². The smallest absolute Gasteiger partial charge is 0.343 e. The van der Waals surface area contributed by atoms with Crippen LogP contribution in [-0.4, -0.2) is 33.0 Å². The van der Waals surface area contributed by atoms with Crippen molar-refractivity contribution in [2.75, 3.05) is 12.3 Å². The Kier molecular flexibility index (Phi) is 6.36. The number of carbonyl (C=O) groups excluding carboxylic acids is 1. The van der Waals surface area contributed by atoms with Gasteiger partial charge in [-0.2, -0.15) is 0 Å². The predicted molar refractivity (Wildman–Crippen MR) is 103 cm³/mol. The Morgan fingerprint density at radius 2 is 2.04 bits per heavy atom. The molecule has 1 fully saturated rings. The van der Waals surface area contributed by atoms with Gasteiger partial charge in [0, 0.05) is 18.5 Å². The van der Waals surface area contributed by atoms with E-state index in [4.69, 9.17) is 0 Å². The molecule has 1 amide bonds. The van der Waals surface area contributed by atoms with E-state index in [1.54, 1.807) is 4.57 Å². The van der Waals surface area contributed by atoms with E-state index in [2.05, 4.69) is 15.5 Å². The molecule has 2 aromatic rings. The Morgan fingerprint density at radius 3 is 2.70 bits per heavy atom. The van der Waals surface area contributed by atoms with Crippen molar-refractivity contribution in [1.29, 1.82) is 0 Å². The minimum atomic E-state index is -0.249. The van der Waals surface area contributed by atoms with Gasteiger partial charge in [0.15, 0.2) is 5.16 Å². The van der Waals surface area contributed by atoms with Crippen molar-refractivity contribution in [3.8, 4) is 0 Å². The first-order valence-electron chi connectivity index (χ1n) is 9.35. The molecule has 146 valence electrons. The SMILES string of the molecule is CCCn1c(SCC(=O)NCC2(c3ccc(F)cc3)CCCC2)n[nH]c1=O. The van der Waals surface area contributed by atoms with Crippen LogP contribution in [0.25, 0.3) is 0 Å². The number of nitrogens with zero attached hydrogens (tertiary/aromatic N) is 2. The van der Waals surface area contributed by atoms with E-state index < -0.39 is 0 Å². The molecule has 0 aliphatic heterocycles. The Balaban J connectivity index is 1.59. The number of nitrogens with one attached hydrogen (secondary N) is 2. The molecular weight excluding hydrogens is 367 g/mol. The van der Waals surface area contributed by atoms with Crippen LogP contribution in [0.2, 0.25) is 0 Å². The number of thioether (sulfide) groups is 1. The number of H-pyrrole nitrogens is 1. The van der Waals surface area contributed by atoms with E-state index in [-0.39, 0.29) is 28.6 Å². The molecule has 3 rings (SSSR count). The number of amides is 1. The molecule has 0 spiro atoms. The van der Waals surface area contributed by atoms with Gasteiger partial charge in [0.05, 0.1) is 5.75 Å². The first kappa shape index (κ1) is 19.7. The number of aromatic nitrogens is 3. The maximum atomic E-state index is 13.3. The van der Waals surface area contributed by atoms with E-state index in [9.17, 15) is 14.0 Å². The molecule has 0 saturated heterocycles. The molecule has 27 heavy (non-hydrogen) atoms. The van der Waals surface area contributed by atoms with Gasteiger partial charge in [-0.1, -0.05) is 43.7 Å². The van der Waals surface area contributed by atoms with Crippen LogP contribution in [0, 0.1) is 5.82 Å². The van der Waals surface area contributed by atoms with Crippen LogP contribution in [0.3, 0.4) is 0 Å². The summed E-state index contributed by atoms with van der Waals surface area (Å²) in [5.41, 5.74) is 0.712. The van der Waals surface area contributed by atoms with E-state index in [1.165, 1.54) is 23.9 Å². The van der Waals surface area contributed by atoms with Crippen molar-refractivity contribution >= 4 is 17.7 Å². The van der Waals surface area contributed by atoms with Gasteiger partial charge in [-0.3, -0.25) is 9.36 Å². The zero-order chi connectivity index (χ0) is 19.3. The molecule has 2 N–H and O–H groups in total. The average Bonchev–Trinajstić information content (AvgIpc) is 3.28. The van der Waals surface area contributed by atoms with Crippen LogP contribution in [0.4, 0.5) is 4.39 Å². The summed E-state index contributed by atoms with van der Waals surface area (Å²) in [6.07, 6.45) is 5.01. The van der Waals surface area contributed by atoms with Gasteiger partial charge in [-0.25, -0.2) is 14.3 Å². The summed E-state index contributed by atoms with van der Waals surface area (Å²) in [6.45, 7) is 3.10. The molecule has 1 saturated carbocycles. The minimum absolute atomic E-state index is 0.0908. The Bertz CT molecular complexity index is 825. The van der Waals surface area contributed by atoms with Crippen LogP contribution in [-0.2, 0) is 16.8 Å². The average molecular weight is 393 g/mol. The minimum Gasteiger partial charge on any atom is -0.354 e. The Morgan fingerprint density at radius 1 is 1.33 bits per heavy atom. The number of aromatic amines is 1. The third-order valence-corrected chi connectivity index (χ3v) is 6.12. The maximum Gasteiger partial charge on any atom is 0.343 e. The summed E-state index contributed by atoms with van der Waals surface area (Å²) >= 11 is 1.25. The van der Waals surface area contributed by atoms with Crippen LogP contribution in [0.1, 0.15) is 44.6 Å². The number of rotatable bonds is 8. The molecule has 0 radical (unpaired) electrons. The lowest BCUT2D eigenvalue weighted by atomic mass is 9.79. The molecule has 1 aliphatic rings. The van der Waals surface area contributed by atoms with E-state index in [0.29, 0.717) is 18.2 Å². The second-order valence-electron chi connectivity index (χ2n) is 7.02. The fourth-order valence-corrected chi connectivity index (χ4v) is 4.51. The van der Waals surface area contributed by atoms with Gasteiger partial charge in [0.1, 0.15) is 5.82 Å². The molecule has 1 heterocycles. The standard InChI is InChI=1S/C19H25FN4O2S/c1-2-11-24-17(26)22-23-18(24)27-12-16(25)21-13-19(9-3-4-10-19)14-5-7-15(20)8-6-14/h5-8H,2-4,9-13H2,1H3,(H,21,25)(H,22,26). The number of benzene rings is 1. The van der Waals surface area contributed by atoms with Gasteiger partial charge in [-0.15, -0.1) is 5.10 Å². The molecule has 1 aliphatic carbocycles. The lowest BCUT2D eigenvalue weighted by Gasteiger charge is -2.30. The highest BCUT2D eigenvalue weighted by atomic mass is 32.2. The Labute approximate surface area is 161 Å². The first-order chi connectivity index (χ1) is 13.0. The van der Waals surface area contributed by atoms with Crippen molar-refractivity contribution in [3.63, 3.8) is 0 Å². The summed E-state index contributed by atoms with van der Waals surface area (Å²) < 4.78 is 14.8. The monoisotopic (exact) mass is 392 g/mol. The lowest BCUT2D eigenvalue weighted by Crippen LogP contribution is -2.39. The highest BCUT2D eigenvalue weighted by molar-refractivity contribution is 7.99. The number of carbonyl (C=O) groups is 1. The molecule has 1 aromatic carbocycles. The van der Waals surface area contributed by atoms with Gasteiger partial charge < -0.3 is 5.32 Å². The van der Waals surface area contributed by atoms with Crippen molar-refractivity contribution in [3.05, 3.63) is 46.1 Å². The van der Waals surface area contributed by atoms with Crippen molar-refractivity contribution < 1.29 is 9.18 Å². The van der Waals surface area contributed by atoms with E-state index in [1.807, 2.05) is 19.1 Å². The quantitative estimate of drug-likeness (QED) is 0.677. The number of hydrogen-bond acceptors (Lipinski definition) is 4. The van der Waals surface area contributed by atoms with Crippen LogP contribution in [0.15, 0.2) is 34.2 Å². The highest BCUT2D eigenvalue weighted by Gasteiger charge is 2.35. The fraction of sp³-hybridized carbons (Fsp3) is 0.526. The van der Waals surface area contributed by atoms with Crippen molar-refractivity contribution in [2.45, 2.75) is 56.1 Å². The molecular formula is C19H25FN4O2S. The van der Waals surface area contributed by atoms with Crippen molar-refractivity contribution in [2.24, 2.45) is 0 Å². The second-order valence-corrected chi connectivity index (χ2v) is 7.97. The molecule has 0 atom stereocenters. The Hall–Kier alpha value is -2.09. The zero-order valence-corrected chi connectivity index (χ0v) is 16.3. The summed E-state index contributed by atoms with van der Waals surface area (Å²) in [4.78, 5) is 24.1. The molecule has 1 aromatic heterocycles. The molecule has 6 nitrogen and oxygen atoms in total. The van der Waals surface area contributed by atoms with Gasteiger partial charge in [-0.05, 0) is 37.0 Å². The van der Waals surface area contributed by atoms with E-state index in [0.717, 1.165) is 37.7 Å². The summed E-state index contributed by atoms with van der Waals surface area (Å²) in [5.74, 6) is -0.135. The maximum absolute atomic E-state index is 13.3. The van der Waals surface area contributed by atoms with E-state index >= 15 is 0 Å². The van der Waals surface area contributed by atoms with Gasteiger partial charge in [0.2, 0.25) is 5.91 Å². The summed E-state index contributed by atoms with van der Waals surface area (Å²) in [7, 11) is 0. The fourth-order valence-electron chi connectivity index (χ4n) is 3.71. The van der Waals surface area contributed by atoms with Crippen LogP contribution in [0.5, 0.6) is 0 Å². The first-order valence-corrected chi connectivity index (χ1v) is 10.3. The van der Waals surface area contributed by atoms with Gasteiger partial charge in [0.25, 0.3) is 0 Å². The number of halogens is 1.